The summed E-state index contributed by atoms with van der Waals surface area (Å²) >= 11 is 0. The van der Waals surface area contributed by atoms with Crippen molar-refractivity contribution < 1.29 is 19.4 Å². The molecule has 3 aromatic rings. The van der Waals surface area contributed by atoms with Gasteiger partial charge in [-0.3, -0.25) is 9.69 Å². The van der Waals surface area contributed by atoms with Crippen molar-refractivity contribution in [3.05, 3.63) is 95.1 Å². The van der Waals surface area contributed by atoms with Crippen LogP contribution < -0.4 is 5.32 Å². The number of carbonyl (C=O) groups is 1. The van der Waals surface area contributed by atoms with Gasteiger partial charge in [-0.05, 0) is 70.0 Å². The molecule has 2 saturated heterocycles. The first kappa shape index (κ1) is 31.0. The second-order valence-corrected chi connectivity index (χ2v) is 14.7. The monoisotopic (exact) mass is 596 g/mol. The molecule has 0 spiro atoms. The maximum atomic E-state index is 11.5. The molecule has 0 aromatic heterocycles. The van der Waals surface area contributed by atoms with E-state index in [9.17, 15) is 9.90 Å². The molecule has 6 unspecified atom stereocenters. The van der Waals surface area contributed by atoms with Crippen LogP contribution in [0.3, 0.4) is 0 Å². The SMILES string of the molecule is CC(=O)NCc1cccc(-c2cccc(C3OC(CN4CC5(C)CC4CC(C)(C)C5)C(C)C(c4ccc(CO)cc4)O3)c2)c1. The van der Waals surface area contributed by atoms with Crippen LogP contribution in [0.15, 0.2) is 72.8 Å². The third kappa shape index (κ3) is 6.79. The molecule has 3 aliphatic rings. The molecular weight excluding hydrogens is 548 g/mol. The first-order chi connectivity index (χ1) is 21.0. The minimum atomic E-state index is -0.504. The van der Waals surface area contributed by atoms with Gasteiger partial charge in [0.15, 0.2) is 6.29 Å². The van der Waals surface area contributed by atoms with E-state index in [2.05, 4.69) is 86.4 Å². The summed E-state index contributed by atoms with van der Waals surface area (Å²) in [5.74, 6) is 0.115. The highest BCUT2D eigenvalue weighted by Gasteiger charge is 2.51. The van der Waals surface area contributed by atoms with Gasteiger partial charge in [-0.15, -0.1) is 0 Å². The van der Waals surface area contributed by atoms with Crippen LogP contribution >= 0.6 is 0 Å². The summed E-state index contributed by atoms with van der Waals surface area (Å²) < 4.78 is 13.7. The average molecular weight is 597 g/mol. The zero-order chi connectivity index (χ0) is 31.1. The van der Waals surface area contributed by atoms with E-state index in [-0.39, 0.29) is 30.6 Å². The molecule has 1 aliphatic carbocycles. The summed E-state index contributed by atoms with van der Waals surface area (Å²) in [6.07, 6.45) is 3.15. The van der Waals surface area contributed by atoms with E-state index in [4.69, 9.17) is 9.47 Å². The number of nitrogens with one attached hydrogen (secondary N) is 1. The molecule has 1 saturated carbocycles. The lowest BCUT2D eigenvalue weighted by molar-refractivity contribution is -0.276. The van der Waals surface area contributed by atoms with Gasteiger partial charge in [0, 0.05) is 44.1 Å². The summed E-state index contributed by atoms with van der Waals surface area (Å²) in [6, 6.07) is 25.5. The van der Waals surface area contributed by atoms with Crippen molar-refractivity contribution in [2.75, 3.05) is 13.1 Å². The van der Waals surface area contributed by atoms with Crippen LogP contribution in [0, 0.1) is 16.7 Å². The van der Waals surface area contributed by atoms with Crippen molar-refractivity contribution in [1.29, 1.82) is 0 Å². The lowest BCUT2D eigenvalue weighted by atomic mass is 9.65. The molecule has 3 aromatic carbocycles. The van der Waals surface area contributed by atoms with E-state index < -0.39 is 6.29 Å². The minimum absolute atomic E-state index is 0.00645. The molecule has 1 amide bonds. The minimum Gasteiger partial charge on any atom is -0.392 e. The number of likely N-dealkylation sites (tertiary alicyclic amines) is 1. The number of aliphatic hydroxyl groups excluding tert-OH is 1. The fourth-order valence-electron chi connectivity index (χ4n) is 8.30. The second-order valence-electron chi connectivity index (χ2n) is 14.7. The van der Waals surface area contributed by atoms with Gasteiger partial charge in [-0.25, -0.2) is 0 Å². The van der Waals surface area contributed by atoms with Gasteiger partial charge in [0.2, 0.25) is 5.91 Å². The molecule has 0 radical (unpaired) electrons. The Labute approximate surface area is 262 Å². The van der Waals surface area contributed by atoms with Gasteiger partial charge in [-0.2, -0.15) is 0 Å². The van der Waals surface area contributed by atoms with Gasteiger partial charge in [0.05, 0.1) is 18.8 Å². The molecule has 2 N–H and O–H groups in total. The standard InChI is InChI=1S/C38H48N2O4/c1-25-34(21-40-24-38(5)19-33(40)18-37(3,4)23-38)43-36(44-35(25)29-14-12-27(22-41)13-15-29)32-11-7-10-31(17-32)30-9-6-8-28(16-30)20-39-26(2)42/h6-17,25,33-36,41H,18-24H2,1-5H3,(H,39,42). The fourth-order valence-corrected chi connectivity index (χ4v) is 8.30. The molecule has 3 fully saturated rings. The fraction of sp³-hybridized carbons (Fsp3) is 0.500. The first-order valence-corrected chi connectivity index (χ1v) is 16.2. The molecule has 44 heavy (non-hydrogen) atoms. The Morgan fingerprint density at radius 2 is 1.66 bits per heavy atom. The topological polar surface area (TPSA) is 71.0 Å². The van der Waals surface area contributed by atoms with E-state index in [1.807, 2.05) is 24.3 Å². The summed E-state index contributed by atoms with van der Waals surface area (Å²) in [5.41, 5.74) is 6.97. The third-order valence-electron chi connectivity index (χ3n) is 10.0. The summed E-state index contributed by atoms with van der Waals surface area (Å²) in [5, 5.41) is 12.5. The molecule has 2 heterocycles. The van der Waals surface area contributed by atoms with Crippen molar-refractivity contribution in [1.82, 2.24) is 10.2 Å². The Hall–Kier alpha value is -3.03. The van der Waals surface area contributed by atoms with Gasteiger partial charge in [0.25, 0.3) is 0 Å². The normalized spacial score (nSPS) is 29.8. The molecule has 6 heteroatoms. The van der Waals surface area contributed by atoms with Crippen LogP contribution in [0.4, 0.5) is 0 Å². The highest BCUT2D eigenvalue weighted by atomic mass is 16.7. The number of fused-ring (bicyclic) bond motifs is 2. The predicted molar refractivity (Wildman–Crippen MR) is 173 cm³/mol. The number of rotatable bonds is 8. The second kappa shape index (κ2) is 12.4. The van der Waals surface area contributed by atoms with Crippen molar-refractivity contribution >= 4 is 5.91 Å². The number of hydrogen-bond donors (Lipinski definition) is 2. The summed E-state index contributed by atoms with van der Waals surface area (Å²) in [4.78, 5) is 14.2. The summed E-state index contributed by atoms with van der Waals surface area (Å²) in [7, 11) is 0. The lowest BCUT2D eigenvalue weighted by Gasteiger charge is -2.43. The van der Waals surface area contributed by atoms with E-state index in [1.54, 1.807) is 0 Å². The average Bonchev–Trinajstić information content (AvgIpc) is 3.24. The third-order valence-corrected chi connectivity index (χ3v) is 10.0. The zero-order valence-electron chi connectivity index (χ0n) is 26.9. The highest BCUT2D eigenvalue weighted by Crippen LogP contribution is 2.53. The van der Waals surface area contributed by atoms with E-state index >= 15 is 0 Å². The Morgan fingerprint density at radius 1 is 0.932 bits per heavy atom. The van der Waals surface area contributed by atoms with Crippen LogP contribution in [-0.2, 0) is 27.4 Å². The number of carbonyl (C=O) groups excluding carboxylic acids is 1. The van der Waals surface area contributed by atoms with Crippen LogP contribution in [0.2, 0.25) is 0 Å². The van der Waals surface area contributed by atoms with Gasteiger partial charge < -0.3 is 19.9 Å². The first-order valence-electron chi connectivity index (χ1n) is 16.2. The number of amides is 1. The number of benzene rings is 3. The van der Waals surface area contributed by atoms with Crippen molar-refractivity contribution in [3.8, 4) is 11.1 Å². The number of aliphatic hydroxyl groups is 1. The van der Waals surface area contributed by atoms with Gasteiger partial charge in [-0.1, -0.05) is 88.4 Å². The number of nitrogens with zero attached hydrogens (tertiary/aromatic N) is 1. The molecule has 2 aliphatic heterocycles. The highest BCUT2D eigenvalue weighted by molar-refractivity contribution is 5.73. The van der Waals surface area contributed by atoms with Gasteiger partial charge >= 0.3 is 0 Å². The van der Waals surface area contributed by atoms with E-state index in [0.29, 0.717) is 23.4 Å². The quantitative estimate of drug-likeness (QED) is 0.288. The lowest BCUT2D eigenvalue weighted by Crippen LogP contribution is -2.46. The number of hydrogen-bond acceptors (Lipinski definition) is 5. The van der Waals surface area contributed by atoms with E-state index in [0.717, 1.165) is 46.5 Å². The molecule has 234 valence electrons. The van der Waals surface area contributed by atoms with Crippen LogP contribution in [0.5, 0.6) is 0 Å². The van der Waals surface area contributed by atoms with Crippen LogP contribution in [0.25, 0.3) is 11.1 Å². The molecular formula is C38H48N2O4. The Morgan fingerprint density at radius 3 is 2.39 bits per heavy atom. The molecule has 6 nitrogen and oxygen atoms in total. The maximum Gasteiger partial charge on any atom is 0.217 e. The Kier molecular flexibility index (Phi) is 8.73. The van der Waals surface area contributed by atoms with Crippen LogP contribution in [0.1, 0.15) is 88.5 Å². The Balaban J connectivity index is 1.28. The molecule has 6 atom stereocenters. The summed E-state index contributed by atoms with van der Waals surface area (Å²) in [6.45, 7) is 13.7. The Bertz CT molecular complexity index is 1470. The van der Waals surface area contributed by atoms with Crippen molar-refractivity contribution in [3.63, 3.8) is 0 Å². The zero-order valence-corrected chi connectivity index (χ0v) is 26.9. The predicted octanol–water partition coefficient (Wildman–Crippen LogP) is 7.17. The van der Waals surface area contributed by atoms with Crippen molar-refractivity contribution in [2.45, 2.75) is 91.6 Å². The van der Waals surface area contributed by atoms with Crippen LogP contribution in [-0.4, -0.2) is 41.1 Å². The maximum absolute atomic E-state index is 11.5. The largest absolute Gasteiger partial charge is 0.392 e. The van der Waals surface area contributed by atoms with Crippen molar-refractivity contribution in [2.24, 2.45) is 16.7 Å². The smallest absolute Gasteiger partial charge is 0.217 e. The molecule has 6 rings (SSSR count). The van der Waals surface area contributed by atoms with E-state index in [1.165, 1.54) is 26.2 Å². The number of ether oxygens (including phenoxy) is 2. The molecule has 2 bridgehead atoms. The van der Waals surface area contributed by atoms with Gasteiger partial charge in [0.1, 0.15) is 0 Å².